The van der Waals surface area contributed by atoms with E-state index in [2.05, 4.69) is 243 Å². The molecule has 0 aliphatic heterocycles. The Morgan fingerprint density at radius 1 is 0.284 bits per heavy atom. The fourth-order valence-electron chi connectivity index (χ4n) is 10.8. The number of hydrogen-bond donors (Lipinski definition) is 4. The molecule has 448 valence electrons. The number of aromatic hydroxyl groups is 4. The number of benzene rings is 4. The monoisotopic (exact) mass is 1110 g/mol. The van der Waals surface area contributed by atoms with Gasteiger partial charge in [-0.25, -0.2) is 0 Å². The average Bonchev–Trinajstić information content (AvgIpc) is 3.29. The van der Waals surface area contributed by atoms with Crippen LogP contribution in [-0.2, 0) is 69.5 Å². The van der Waals surface area contributed by atoms with Gasteiger partial charge in [0.15, 0.2) is 0 Å². The summed E-state index contributed by atoms with van der Waals surface area (Å²) in [5.74, 6) is 2.93. The largest absolute Gasteiger partial charge is 0.507 e. The van der Waals surface area contributed by atoms with Gasteiger partial charge in [-0.05, 0) is 171 Å². The van der Waals surface area contributed by atoms with Gasteiger partial charge in [-0.1, -0.05) is 193 Å². The average molecular weight is 1110 g/mol. The smallest absolute Gasteiger partial charge is 0.232 e. The minimum Gasteiger partial charge on any atom is -0.507 e. The number of unbranched alkanes of at least 4 members (excludes halogenated alkanes) is 2. The first-order chi connectivity index (χ1) is 36.8. The molecule has 4 N–H and O–H groups in total. The van der Waals surface area contributed by atoms with Crippen LogP contribution >= 0.6 is 0 Å². The Morgan fingerprint density at radius 3 is 0.593 bits per heavy atom. The lowest BCUT2D eigenvalue weighted by atomic mass is 9.78. The first kappa shape index (κ1) is 66.3. The van der Waals surface area contributed by atoms with Gasteiger partial charge in [-0.2, -0.15) is 15.0 Å². The summed E-state index contributed by atoms with van der Waals surface area (Å²) in [7, 11) is 0. The third-order valence-electron chi connectivity index (χ3n) is 15.6. The Balaban J connectivity index is 2.01. The van der Waals surface area contributed by atoms with Gasteiger partial charge in [0, 0.05) is 39.3 Å². The molecule has 10 nitrogen and oxygen atoms in total. The second-order valence-electron chi connectivity index (χ2n) is 31.8. The van der Waals surface area contributed by atoms with Crippen LogP contribution in [0.1, 0.15) is 272 Å². The summed E-state index contributed by atoms with van der Waals surface area (Å²) in [5, 5.41) is 48.2. The predicted octanol–water partition coefficient (Wildman–Crippen LogP) is 17.9. The van der Waals surface area contributed by atoms with Crippen LogP contribution in [0.2, 0.25) is 0 Å². The molecule has 5 aromatic rings. The summed E-state index contributed by atoms with van der Waals surface area (Å²) in [6.07, 6.45) is 3.93. The number of anilines is 3. The van der Waals surface area contributed by atoms with Crippen LogP contribution in [0.5, 0.6) is 23.0 Å². The lowest BCUT2D eigenvalue weighted by molar-refractivity contribution is 0.421. The molecule has 0 saturated heterocycles. The van der Waals surface area contributed by atoms with Crippen LogP contribution < -0.4 is 14.7 Å². The molecule has 0 atom stereocenters. The van der Waals surface area contributed by atoms with Gasteiger partial charge in [0.25, 0.3) is 0 Å². The van der Waals surface area contributed by atoms with Crippen molar-refractivity contribution in [1.29, 1.82) is 0 Å². The van der Waals surface area contributed by atoms with Crippen LogP contribution in [0.3, 0.4) is 0 Å². The minimum absolute atomic E-state index is 0.327. The zero-order chi connectivity index (χ0) is 61.6. The van der Waals surface area contributed by atoms with E-state index in [9.17, 15) is 20.4 Å². The molecule has 0 radical (unpaired) electrons. The van der Waals surface area contributed by atoms with Crippen molar-refractivity contribution < 1.29 is 20.4 Å². The fraction of sp³-hybridized carbons (Fsp3) is 0.620. The summed E-state index contributed by atoms with van der Waals surface area (Å²) in [6.45, 7) is 59.3. The fourth-order valence-corrected chi connectivity index (χ4v) is 10.8. The molecule has 0 bridgehead atoms. The van der Waals surface area contributed by atoms with Crippen molar-refractivity contribution in [3.05, 3.63) is 115 Å². The highest BCUT2D eigenvalue weighted by molar-refractivity contribution is 5.57. The van der Waals surface area contributed by atoms with Gasteiger partial charge < -0.3 is 35.1 Å². The molecule has 0 saturated carbocycles. The van der Waals surface area contributed by atoms with Crippen LogP contribution in [-0.4, -0.2) is 48.5 Å². The van der Waals surface area contributed by atoms with Crippen LogP contribution in [0.4, 0.5) is 17.8 Å². The normalized spacial score (nSPS) is 13.3. The van der Waals surface area contributed by atoms with E-state index in [1.165, 1.54) is 0 Å². The number of hydrogen-bond acceptors (Lipinski definition) is 10. The lowest BCUT2D eigenvalue weighted by Gasteiger charge is -2.33. The second kappa shape index (κ2) is 24.0. The van der Waals surface area contributed by atoms with Crippen LogP contribution in [0.25, 0.3) is 0 Å². The highest BCUT2D eigenvalue weighted by Crippen LogP contribution is 2.45. The molecule has 0 aliphatic rings. The maximum atomic E-state index is 12.1. The Bertz CT molecular complexity index is 2480. The number of nitrogens with zero attached hydrogens (tertiary/aromatic N) is 6. The SMILES string of the molecule is CCCCN(CCCC)c1nc(N(Cc2cc(C(C)(C)C)c(O)c(C(C)(C)C)c2)Cc2cc(C(C)(C)C)c(O)c(C(C)(C)C)c2)nc(N(Cc2cc(C(C)(C)C)c(O)c(C(C)(C)C)c2)Cc2cc(C(C)(C)C)c(O)c(C(C)(C)C)c2)n1. The van der Waals surface area contributed by atoms with Gasteiger partial charge in [-0.15, -0.1) is 0 Å². The van der Waals surface area contributed by atoms with E-state index in [1.807, 2.05) is 0 Å². The first-order valence-corrected chi connectivity index (χ1v) is 30.3. The zero-order valence-electron chi connectivity index (χ0n) is 55.7. The number of phenolic OH excluding ortho intramolecular Hbond substituents is 4. The van der Waals surface area contributed by atoms with Gasteiger partial charge in [0.2, 0.25) is 17.8 Å². The third-order valence-corrected chi connectivity index (χ3v) is 15.6. The van der Waals surface area contributed by atoms with Gasteiger partial charge in [-0.3, -0.25) is 0 Å². The van der Waals surface area contributed by atoms with Crippen molar-refractivity contribution in [1.82, 2.24) is 15.0 Å². The van der Waals surface area contributed by atoms with E-state index >= 15 is 0 Å². The Kier molecular flexibility index (Phi) is 19.6. The predicted molar refractivity (Wildman–Crippen MR) is 344 cm³/mol. The van der Waals surface area contributed by atoms with E-state index in [4.69, 9.17) is 15.0 Å². The van der Waals surface area contributed by atoms with Crippen LogP contribution in [0, 0.1) is 0 Å². The molecule has 0 unspecified atom stereocenters. The van der Waals surface area contributed by atoms with Crippen molar-refractivity contribution in [2.45, 2.75) is 275 Å². The van der Waals surface area contributed by atoms with Crippen LogP contribution in [0.15, 0.2) is 48.5 Å². The topological polar surface area (TPSA) is 129 Å². The first-order valence-electron chi connectivity index (χ1n) is 30.3. The molecule has 0 spiro atoms. The second-order valence-corrected chi connectivity index (χ2v) is 31.8. The maximum absolute atomic E-state index is 12.1. The minimum atomic E-state index is -0.361. The maximum Gasteiger partial charge on any atom is 0.232 e. The van der Waals surface area contributed by atoms with E-state index < -0.39 is 0 Å². The molecule has 1 aromatic heterocycles. The van der Waals surface area contributed by atoms with Crippen molar-refractivity contribution in [2.75, 3.05) is 27.8 Å². The lowest BCUT2D eigenvalue weighted by Crippen LogP contribution is -2.33. The van der Waals surface area contributed by atoms with E-state index in [-0.39, 0.29) is 43.3 Å². The highest BCUT2D eigenvalue weighted by Gasteiger charge is 2.34. The van der Waals surface area contributed by atoms with E-state index in [0.29, 0.717) is 67.0 Å². The Labute approximate surface area is 492 Å². The highest BCUT2D eigenvalue weighted by atomic mass is 16.3. The summed E-state index contributed by atoms with van der Waals surface area (Å²) >= 11 is 0. The quantitative estimate of drug-likeness (QED) is 0.0714. The van der Waals surface area contributed by atoms with E-state index in [0.717, 1.165) is 106 Å². The standard InChI is InChI=1S/C71H110N6O4/c1-27-29-31-75(32-30-28-2)61-72-62(76(41-45-33-49(64(3,4)5)57(78)50(34-45)65(6,7)8)42-46-35-51(66(9,10)11)58(79)52(36-46)67(12,13)14)74-63(73-61)77(43-47-37-53(68(15,16)17)59(80)54(38-47)69(18,19)20)44-48-39-55(70(21,22)23)60(81)56(40-48)71(24,25)26/h33-40,78-81H,27-32,41-44H2,1-26H3. The number of aromatic nitrogens is 3. The molecule has 4 aromatic carbocycles. The summed E-state index contributed by atoms with van der Waals surface area (Å²) in [4.78, 5) is 23.8. The van der Waals surface area contributed by atoms with Gasteiger partial charge in [0.1, 0.15) is 23.0 Å². The Hall–Kier alpha value is -5.51. The van der Waals surface area contributed by atoms with Crippen molar-refractivity contribution in [2.24, 2.45) is 0 Å². The molecule has 0 fully saturated rings. The molecular formula is C71H110N6O4. The molecule has 1 heterocycles. The summed E-state index contributed by atoms with van der Waals surface area (Å²) in [5.41, 5.74) is 8.22. The van der Waals surface area contributed by atoms with E-state index in [1.54, 1.807) is 0 Å². The molecule has 0 amide bonds. The summed E-state index contributed by atoms with van der Waals surface area (Å²) in [6, 6.07) is 17.3. The van der Waals surface area contributed by atoms with Gasteiger partial charge in [0.05, 0.1) is 0 Å². The molecule has 5 rings (SSSR count). The summed E-state index contributed by atoms with van der Waals surface area (Å²) < 4.78 is 0. The molecular weight excluding hydrogens is 1000 g/mol. The zero-order valence-corrected chi connectivity index (χ0v) is 55.7. The van der Waals surface area contributed by atoms with Crippen molar-refractivity contribution >= 4 is 17.8 Å². The number of rotatable bonds is 17. The van der Waals surface area contributed by atoms with Gasteiger partial charge >= 0.3 is 0 Å². The van der Waals surface area contributed by atoms with Crippen molar-refractivity contribution in [3.8, 4) is 23.0 Å². The molecule has 10 heteroatoms. The number of phenols is 4. The molecule has 0 aliphatic carbocycles. The molecule has 81 heavy (non-hydrogen) atoms. The Morgan fingerprint density at radius 2 is 0.444 bits per heavy atom. The van der Waals surface area contributed by atoms with Crippen molar-refractivity contribution in [3.63, 3.8) is 0 Å². The third kappa shape index (κ3) is 16.4.